The third kappa shape index (κ3) is 10.8. The van der Waals surface area contributed by atoms with Crippen LogP contribution in [0, 0.1) is 50.2 Å². The molecule has 0 aromatic rings. The Morgan fingerprint density at radius 2 is 1.11 bits per heavy atom. The Balaban J connectivity index is 0.849. The van der Waals surface area contributed by atoms with Crippen LogP contribution in [0.25, 0.3) is 0 Å². The van der Waals surface area contributed by atoms with Crippen LogP contribution in [0.5, 0.6) is 0 Å². The minimum atomic E-state index is -1.87. The number of hydrogen-bond donors (Lipinski definition) is 14. The van der Waals surface area contributed by atoms with Gasteiger partial charge in [-0.1, -0.05) is 53.2 Å². The van der Waals surface area contributed by atoms with Crippen LogP contribution in [-0.4, -0.2) is 251 Å². The summed E-state index contributed by atoms with van der Waals surface area (Å²) in [6.07, 6.45) is -27.1. The lowest BCUT2D eigenvalue weighted by atomic mass is 9.33. The number of fused-ring (bicyclic) bond motifs is 7. The molecule has 0 amide bonds. The van der Waals surface area contributed by atoms with E-state index in [4.69, 9.17) is 47.4 Å². The Labute approximate surface area is 483 Å². The van der Waals surface area contributed by atoms with Crippen LogP contribution >= 0.6 is 0 Å². The average Bonchev–Trinajstić information content (AvgIpc) is 3.62. The van der Waals surface area contributed by atoms with Crippen molar-refractivity contribution in [2.24, 2.45) is 50.2 Å². The lowest BCUT2D eigenvalue weighted by molar-refractivity contribution is -0.365. The van der Waals surface area contributed by atoms with E-state index in [2.05, 4.69) is 40.7 Å². The largest absolute Gasteiger partial charge is 0.432 e. The number of ether oxygens (including phenoxy) is 10. The third-order valence-electron chi connectivity index (χ3n) is 22.8. The molecule has 5 aliphatic carbocycles. The minimum absolute atomic E-state index is 0.0597. The second-order valence-corrected chi connectivity index (χ2v) is 28.0. The Morgan fingerprint density at radius 1 is 0.566 bits per heavy atom. The van der Waals surface area contributed by atoms with Crippen molar-refractivity contribution in [2.75, 3.05) is 26.4 Å². The van der Waals surface area contributed by atoms with Gasteiger partial charge >= 0.3 is 5.97 Å². The molecule has 25 nitrogen and oxygen atoms in total. The van der Waals surface area contributed by atoms with E-state index >= 15 is 4.79 Å². The van der Waals surface area contributed by atoms with Gasteiger partial charge in [-0.05, 0) is 117 Å². The van der Waals surface area contributed by atoms with Crippen molar-refractivity contribution in [1.82, 2.24) is 0 Å². The highest BCUT2D eigenvalue weighted by atomic mass is 16.8. The molecule has 0 radical (unpaired) electrons. The molecule has 32 atom stereocenters. The molecule has 4 saturated carbocycles. The molecule has 10 rings (SSSR count). The van der Waals surface area contributed by atoms with Gasteiger partial charge in [0.25, 0.3) is 0 Å². The third-order valence-corrected chi connectivity index (χ3v) is 22.8. The summed E-state index contributed by atoms with van der Waals surface area (Å²) < 4.78 is 59.7. The SMILES string of the molecule is CC1OC(OC2C(OCC3OC(OC(=O)C45CCC(C)(C)CC4C4=CCC6C7(C)CCC(OC8OCC(O)C(O)C8OC8OC(C)C(O)C(O)C8O)C(C)(CO)C7CCC6(C)C4(C)CC5)C(O)C(O)C3O)OCC(O)C2O)C(O)C(O)C1O. The van der Waals surface area contributed by atoms with Crippen LogP contribution in [0.3, 0.4) is 0 Å². The van der Waals surface area contributed by atoms with Crippen molar-refractivity contribution in [2.45, 2.75) is 267 Å². The normalized spacial score (nSPS) is 55.4. The highest BCUT2D eigenvalue weighted by Crippen LogP contribution is 2.76. The maximum atomic E-state index is 15.3. The van der Waals surface area contributed by atoms with Gasteiger partial charge in [-0.2, -0.15) is 0 Å². The van der Waals surface area contributed by atoms with Gasteiger partial charge in [0.15, 0.2) is 25.2 Å². The maximum Gasteiger partial charge on any atom is 0.315 e. The Hall–Kier alpha value is -1.71. The number of carbonyl (C=O) groups is 1. The van der Waals surface area contributed by atoms with E-state index in [0.717, 1.165) is 12.8 Å². The monoisotopic (exact) mass is 1190 g/mol. The summed E-state index contributed by atoms with van der Waals surface area (Å²) in [5, 5.41) is 152. The lowest BCUT2D eigenvalue weighted by Gasteiger charge is -2.71. The first kappa shape index (κ1) is 64.3. The first-order chi connectivity index (χ1) is 38.9. The summed E-state index contributed by atoms with van der Waals surface area (Å²) >= 11 is 0. The minimum Gasteiger partial charge on any atom is -0.432 e. The van der Waals surface area contributed by atoms with Crippen LogP contribution < -0.4 is 0 Å². The molecule has 0 aromatic carbocycles. The predicted molar refractivity (Wildman–Crippen MR) is 282 cm³/mol. The number of rotatable bonds is 12. The highest BCUT2D eigenvalue weighted by molar-refractivity contribution is 5.79. The number of aliphatic hydroxyl groups excluding tert-OH is 14. The molecule has 0 spiro atoms. The van der Waals surface area contributed by atoms with E-state index in [1.165, 1.54) is 19.4 Å². The first-order valence-corrected chi connectivity index (χ1v) is 30.0. The number of allylic oxidation sites excluding steroid dienone is 2. The van der Waals surface area contributed by atoms with Gasteiger partial charge in [-0.15, -0.1) is 0 Å². The summed E-state index contributed by atoms with van der Waals surface area (Å²) in [4.78, 5) is 15.3. The van der Waals surface area contributed by atoms with Gasteiger partial charge in [-0.3, -0.25) is 4.79 Å². The fourth-order valence-corrected chi connectivity index (χ4v) is 17.2. The van der Waals surface area contributed by atoms with Crippen molar-refractivity contribution in [3.8, 4) is 0 Å². The second-order valence-electron chi connectivity index (χ2n) is 28.0. The number of carbonyl (C=O) groups excluding carboxylic acids is 1. The zero-order valence-corrected chi connectivity index (χ0v) is 48.8. The van der Waals surface area contributed by atoms with Crippen LogP contribution in [-0.2, 0) is 52.2 Å². The van der Waals surface area contributed by atoms with E-state index in [1.54, 1.807) is 0 Å². The molecule has 9 fully saturated rings. The van der Waals surface area contributed by atoms with E-state index in [0.29, 0.717) is 51.4 Å². The Kier molecular flexibility index (Phi) is 18.3. The topological polar surface area (TPSA) is 393 Å². The van der Waals surface area contributed by atoms with Gasteiger partial charge in [0.2, 0.25) is 6.29 Å². The van der Waals surface area contributed by atoms with Crippen LogP contribution in [0.4, 0.5) is 0 Å². The van der Waals surface area contributed by atoms with Gasteiger partial charge in [0.05, 0.1) is 50.2 Å². The molecule has 5 aliphatic heterocycles. The van der Waals surface area contributed by atoms with Gasteiger partial charge in [-0.25, -0.2) is 0 Å². The van der Waals surface area contributed by atoms with E-state index in [9.17, 15) is 71.5 Å². The maximum absolute atomic E-state index is 15.3. The van der Waals surface area contributed by atoms with E-state index in [1.807, 2.05) is 6.92 Å². The van der Waals surface area contributed by atoms with Crippen molar-refractivity contribution in [3.05, 3.63) is 11.6 Å². The van der Waals surface area contributed by atoms with Crippen molar-refractivity contribution in [1.29, 1.82) is 0 Å². The van der Waals surface area contributed by atoms with Crippen LogP contribution in [0.15, 0.2) is 11.6 Å². The fourth-order valence-electron chi connectivity index (χ4n) is 17.2. The Bertz CT molecular complexity index is 2310. The van der Waals surface area contributed by atoms with Gasteiger partial charge < -0.3 is 119 Å². The number of hydrogen-bond acceptors (Lipinski definition) is 25. The molecule has 83 heavy (non-hydrogen) atoms. The molecule has 476 valence electrons. The molecule has 5 heterocycles. The molecule has 25 heteroatoms. The quantitative estimate of drug-likeness (QED) is 0.0576. The summed E-state index contributed by atoms with van der Waals surface area (Å²) in [6, 6.07) is 0. The smallest absolute Gasteiger partial charge is 0.315 e. The molecule has 14 N–H and O–H groups in total. The molecular formula is C58H94O25. The van der Waals surface area contributed by atoms with E-state index in [-0.39, 0.29) is 47.2 Å². The van der Waals surface area contributed by atoms with Crippen molar-refractivity contribution >= 4 is 5.97 Å². The summed E-state index contributed by atoms with van der Waals surface area (Å²) in [7, 11) is 0. The van der Waals surface area contributed by atoms with Crippen LogP contribution in [0.1, 0.15) is 120 Å². The summed E-state index contributed by atoms with van der Waals surface area (Å²) in [5.74, 6) is -0.814. The van der Waals surface area contributed by atoms with Crippen LogP contribution in [0.2, 0.25) is 0 Å². The van der Waals surface area contributed by atoms with Gasteiger partial charge in [0, 0.05) is 5.41 Å². The van der Waals surface area contributed by atoms with Crippen molar-refractivity contribution < 1.29 is 124 Å². The molecule has 32 unspecified atom stereocenters. The number of esters is 1. The average molecular weight is 1190 g/mol. The second kappa shape index (κ2) is 23.6. The zero-order chi connectivity index (χ0) is 60.4. The van der Waals surface area contributed by atoms with Crippen molar-refractivity contribution in [3.63, 3.8) is 0 Å². The summed E-state index contributed by atoms with van der Waals surface area (Å²) in [6.45, 7) is 14.9. The molecule has 0 bridgehead atoms. The molecule has 10 aliphatic rings. The highest BCUT2D eigenvalue weighted by Gasteiger charge is 2.71. The number of aliphatic hydroxyl groups is 14. The predicted octanol–water partition coefficient (Wildman–Crippen LogP) is -1.91. The summed E-state index contributed by atoms with van der Waals surface area (Å²) in [5.41, 5.74) is -1.86. The van der Waals surface area contributed by atoms with E-state index < -0.39 is 183 Å². The molecule has 5 saturated heterocycles. The Morgan fingerprint density at radius 3 is 1.70 bits per heavy atom. The van der Waals surface area contributed by atoms with Gasteiger partial charge in [0.1, 0.15) is 97.7 Å². The molecular weight excluding hydrogens is 1100 g/mol. The fraction of sp³-hybridized carbons (Fsp3) is 0.948. The zero-order valence-electron chi connectivity index (χ0n) is 48.8. The lowest BCUT2D eigenvalue weighted by Crippen LogP contribution is -2.67. The first-order valence-electron chi connectivity index (χ1n) is 30.0. The standard InChI is InChI=1S/C58H94O25/c1-24-34(62)39(67)42(70)47(77-24)81-45-36(64)28(60)20-74-50(45)76-22-30-38(66)41(69)44(72)49(79-30)83-52(73)58-17-15-53(3,4)19-27(58)26-9-10-32-54(5)13-12-33(55(6,23-59)31(54)11-14-57(32,8)56(26,7)16-18-58)80-51-46(37(65)29(61)21-75-51)82-48-43(71)40(68)35(63)25(2)78-48/h9,24-25,27-51,59-72H,10-23H2,1-8H3. The molecule has 0 aromatic heterocycles.